The van der Waals surface area contributed by atoms with Crippen molar-refractivity contribution in [3.63, 3.8) is 0 Å². The molecule has 2 unspecified atom stereocenters. The van der Waals surface area contributed by atoms with Gasteiger partial charge in [0.2, 0.25) is 11.8 Å². The zero-order chi connectivity index (χ0) is 18.8. The molecular formula is C21H30N4O2. The Morgan fingerprint density at radius 1 is 1.11 bits per heavy atom. The van der Waals surface area contributed by atoms with E-state index in [-0.39, 0.29) is 17.9 Å². The molecule has 2 atom stereocenters. The molecule has 0 aliphatic carbocycles. The highest BCUT2D eigenvalue weighted by atomic mass is 16.2. The minimum atomic E-state index is -0.127. The van der Waals surface area contributed by atoms with Crippen molar-refractivity contribution < 1.29 is 9.59 Å². The smallest absolute Gasteiger partial charge is 0.225 e. The molecule has 6 heteroatoms. The molecule has 0 bridgehead atoms. The predicted molar refractivity (Wildman–Crippen MR) is 104 cm³/mol. The van der Waals surface area contributed by atoms with E-state index in [2.05, 4.69) is 22.3 Å². The van der Waals surface area contributed by atoms with E-state index in [0.717, 1.165) is 57.7 Å². The number of fused-ring (bicyclic) bond motifs is 1. The average molecular weight is 370 g/mol. The first-order chi connectivity index (χ1) is 13.1. The number of nitrogens with one attached hydrogen (secondary N) is 1. The van der Waals surface area contributed by atoms with E-state index in [4.69, 9.17) is 0 Å². The van der Waals surface area contributed by atoms with Crippen LogP contribution in [0.3, 0.4) is 0 Å². The Kier molecular flexibility index (Phi) is 5.45. The molecule has 6 nitrogen and oxygen atoms in total. The second-order valence-corrected chi connectivity index (χ2v) is 7.95. The largest absolute Gasteiger partial charge is 0.341 e. The van der Waals surface area contributed by atoms with Gasteiger partial charge in [0.25, 0.3) is 0 Å². The predicted octanol–water partition coefficient (Wildman–Crippen LogP) is 1.03. The van der Waals surface area contributed by atoms with E-state index in [9.17, 15) is 9.59 Å². The molecule has 1 aromatic carbocycles. The fourth-order valence-electron chi connectivity index (χ4n) is 4.86. The number of likely N-dealkylation sites (tertiary alicyclic amines) is 1. The van der Waals surface area contributed by atoms with Crippen molar-refractivity contribution in [1.29, 1.82) is 0 Å². The number of carbonyl (C=O) groups excluding carboxylic acids is 2. The van der Waals surface area contributed by atoms with Gasteiger partial charge in [0, 0.05) is 58.8 Å². The number of hydrogen-bond acceptors (Lipinski definition) is 4. The molecule has 2 amide bonds. The first kappa shape index (κ1) is 18.4. The number of piperazine rings is 1. The van der Waals surface area contributed by atoms with Gasteiger partial charge in [-0.15, -0.1) is 0 Å². The summed E-state index contributed by atoms with van der Waals surface area (Å²) in [4.78, 5) is 31.7. The minimum absolute atomic E-state index is 0.0578. The highest BCUT2D eigenvalue weighted by Gasteiger charge is 2.35. The molecular weight excluding hydrogens is 340 g/mol. The Balaban J connectivity index is 1.44. The summed E-state index contributed by atoms with van der Waals surface area (Å²) >= 11 is 0. The molecule has 1 N–H and O–H groups in total. The van der Waals surface area contributed by atoms with Crippen LogP contribution in [-0.4, -0.2) is 78.4 Å². The monoisotopic (exact) mass is 370 g/mol. The molecule has 0 saturated carbocycles. The van der Waals surface area contributed by atoms with Crippen LogP contribution in [0.15, 0.2) is 24.3 Å². The van der Waals surface area contributed by atoms with Gasteiger partial charge < -0.3 is 15.1 Å². The van der Waals surface area contributed by atoms with Gasteiger partial charge in [0.05, 0.1) is 12.5 Å². The highest BCUT2D eigenvalue weighted by molar-refractivity contribution is 5.80. The van der Waals surface area contributed by atoms with Crippen LogP contribution in [0.1, 0.15) is 36.9 Å². The van der Waals surface area contributed by atoms with Crippen LogP contribution in [0.2, 0.25) is 0 Å². The van der Waals surface area contributed by atoms with Crippen LogP contribution in [0.4, 0.5) is 0 Å². The Labute approximate surface area is 161 Å². The van der Waals surface area contributed by atoms with Crippen LogP contribution in [0.25, 0.3) is 0 Å². The fourth-order valence-corrected chi connectivity index (χ4v) is 4.86. The van der Waals surface area contributed by atoms with E-state index < -0.39 is 0 Å². The maximum absolute atomic E-state index is 13.1. The third-order valence-electron chi connectivity index (χ3n) is 6.37. The second kappa shape index (κ2) is 7.98. The Morgan fingerprint density at radius 3 is 2.67 bits per heavy atom. The molecule has 2 saturated heterocycles. The lowest BCUT2D eigenvalue weighted by Gasteiger charge is -2.37. The first-order valence-electron chi connectivity index (χ1n) is 10.2. The van der Waals surface area contributed by atoms with Gasteiger partial charge in [-0.2, -0.15) is 0 Å². The van der Waals surface area contributed by atoms with E-state index in [1.165, 1.54) is 5.56 Å². The molecule has 4 rings (SSSR count). The summed E-state index contributed by atoms with van der Waals surface area (Å²) in [6, 6.07) is 8.61. The number of hydrogen-bond donors (Lipinski definition) is 1. The standard InChI is InChI=1S/C21H30N4O2/c1-16(26)25-11-6-17-4-2-3-5-19(17)20(25)14-21(27)24-10-7-18(15-24)23-12-8-22-9-13-23/h2-5,18,20,22H,6-15H2,1H3. The van der Waals surface area contributed by atoms with Crippen molar-refractivity contribution in [2.24, 2.45) is 0 Å². The maximum Gasteiger partial charge on any atom is 0.225 e. The van der Waals surface area contributed by atoms with Crippen molar-refractivity contribution in [3.05, 3.63) is 35.4 Å². The molecule has 0 aromatic heterocycles. The molecule has 0 spiro atoms. The zero-order valence-corrected chi connectivity index (χ0v) is 16.2. The van der Waals surface area contributed by atoms with Crippen LogP contribution < -0.4 is 5.32 Å². The van der Waals surface area contributed by atoms with Crippen molar-refractivity contribution in [1.82, 2.24) is 20.0 Å². The van der Waals surface area contributed by atoms with E-state index in [0.29, 0.717) is 19.0 Å². The minimum Gasteiger partial charge on any atom is -0.341 e. The summed E-state index contributed by atoms with van der Waals surface area (Å²) in [6.07, 6.45) is 2.32. The maximum atomic E-state index is 13.1. The normalized spacial score (nSPS) is 26.1. The average Bonchev–Trinajstić information content (AvgIpc) is 3.19. The third-order valence-corrected chi connectivity index (χ3v) is 6.37. The summed E-state index contributed by atoms with van der Waals surface area (Å²) in [5.74, 6) is 0.239. The van der Waals surface area contributed by atoms with Crippen LogP contribution in [-0.2, 0) is 16.0 Å². The molecule has 3 aliphatic rings. The molecule has 1 aromatic rings. The molecule has 2 fully saturated rings. The van der Waals surface area contributed by atoms with Gasteiger partial charge in [0.1, 0.15) is 0 Å². The molecule has 3 heterocycles. The highest BCUT2D eigenvalue weighted by Crippen LogP contribution is 2.33. The number of carbonyl (C=O) groups is 2. The Bertz CT molecular complexity index is 701. The summed E-state index contributed by atoms with van der Waals surface area (Å²) in [7, 11) is 0. The van der Waals surface area contributed by atoms with Crippen molar-refractivity contribution in [2.45, 2.75) is 38.3 Å². The topological polar surface area (TPSA) is 55.9 Å². The van der Waals surface area contributed by atoms with Gasteiger partial charge in [-0.3, -0.25) is 14.5 Å². The van der Waals surface area contributed by atoms with Crippen LogP contribution >= 0.6 is 0 Å². The van der Waals surface area contributed by atoms with Gasteiger partial charge in [-0.05, 0) is 24.0 Å². The lowest BCUT2D eigenvalue weighted by Crippen LogP contribution is -2.49. The van der Waals surface area contributed by atoms with E-state index in [1.807, 2.05) is 21.9 Å². The Hall–Kier alpha value is -1.92. The fraction of sp³-hybridized carbons (Fsp3) is 0.619. The number of benzene rings is 1. The number of rotatable bonds is 3. The number of amides is 2. The molecule has 27 heavy (non-hydrogen) atoms. The SMILES string of the molecule is CC(=O)N1CCc2ccccc2C1CC(=O)N1CCC(N2CCNCC2)C1. The van der Waals surface area contributed by atoms with Crippen LogP contribution in [0.5, 0.6) is 0 Å². The summed E-state index contributed by atoms with van der Waals surface area (Å²) < 4.78 is 0. The van der Waals surface area contributed by atoms with E-state index in [1.54, 1.807) is 6.92 Å². The van der Waals surface area contributed by atoms with Gasteiger partial charge >= 0.3 is 0 Å². The first-order valence-corrected chi connectivity index (χ1v) is 10.2. The summed E-state index contributed by atoms with van der Waals surface area (Å²) in [6.45, 7) is 8.19. The summed E-state index contributed by atoms with van der Waals surface area (Å²) in [5, 5.41) is 3.39. The lowest BCUT2D eigenvalue weighted by atomic mass is 9.90. The van der Waals surface area contributed by atoms with Gasteiger partial charge in [-0.1, -0.05) is 24.3 Å². The third kappa shape index (κ3) is 3.87. The van der Waals surface area contributed by atoms with E-state index >= 15 is 0 Å². The lowest BCUT2D eigenvalue weighted by molar-refractivity contribution is -0.136. The van der Waals surface area contributed by atoms with Gasteiger partial charge in [-0.25, -0.2) is 0 Å². The zero-order valence-electron chi connectivity index (χ0n) is 16.2. The summed E-state index contributed by atoms with van der Waals surface area (Å²) in [5.41, 5.74) is 2.41. The van der Waals surface area contributed by atoms with Crippen molar-refractivity contribution in [2.75, 3.05) is 45.8 Å². The van der Waals surface area contributed by atoms with Gasteiger partial charge in [0.15, 0.2) is 0 Å². The second-order valence-electron chi connectivity index (χ2n) is 7.95. The quantitative estimate of drug-likeness (QED) is 0.864. The molecule has 146 valence electrons. The molecule has 0 radical (unpaired) electrons. The Morgan fingerprint density at radius 2 is 1.89 bits per heavy atom. The van der Waals surface area contributed by atoms with Crippen molar-refractivity contribution in [3.8, 4) is 0 Å². The number of nitrogens with zero attached hydrogens (tertiary/aromatic N) is 3. The van der Waals surface area contributed by atoms with Crippen LogP contribution in [0, 0.1) is 0 Å². The van der Waals surface area contributed by atoms with Crippen molar-refractivity contribution >= 4 is 11.8 Å². The molecule has 3 aliphatic heterocycles.